The fourth-order valence-corrected chi connectivity index (χ4v) is 3.60. The smallest absolute Gasteiger partial charge is 0.165 e. The van der Waals surface area contributed by atoms with Crippen LogP contribution in [0.5, 0.6) is 0 Å². The Morgan fingerprint density at radius 1 is 1.38 bits per heavy atom. The van der Waals surface area contributed by atoms with Gasteiger partial charge in [0.15, 0.2) is 5.65 Å². The first-order valence-corrected chi connectivity index (χ1v) is 7.83. The monoisotopic (exact) mass is 301 g/mol. The van der Waals surface area contributed by atoms with Gasteiger partial charge in [-0.05, 0) is 0 Å². The second-order valence-corrected chi connectivity index (χ2v) is 6.26. The Kier molecular flexibility index (Phi) is 3.04. The van der Waals surface area contributed by atoms with Crippen LogP contribution in [-0.4, -0.2) is 43.6 Å². The number of H-pyrrole nitrogens is 1. The molecule has 1 aliphatic rings. The Morgan fingerprint density at radius 3 is 3.10 bits per heavy atom. The topological polar surface area (TPSA) is 96.9 Å². The predicted octanol–water partition coefficient (Wildman–Crippen LogP) is 1.08. The van der Waals surface area contributed by atoms with Gasteiger partial charge in [0.05, 0.1) is 23.3 Å². The molecule has 1 unspecified atom stereocenters. The minimum absolute atomic E-state index is 0.332. The fraction of sp³-hybridized carbons (Fsp3) is 0.308. The number of nitrogens with one attached hydrogen (secondary N) is 2. The number of nitrogens with two attached hydrogens (primary N) is 1. The third kappa shape index (κ3) is 2.16. The maximum Gasteiger partial charge on any atom is 0.165 e. The van der Waals surface area contributed by atoms with Crippen LogP contribution < -0.4 is 11.1 Å². The van der Waals surface area contributed by atoms with Gasteiger partial charge in [-0.1, -0.05) is 0 Å². The van der Waals surface area contributed by atoms with Gasteiger partial charge in [0.25, 0.3) is 0 Å². The van der Waals surface area contributed by atoms with Crippen LogP contribution in [0.4, 0.5) is 5.82 Å². The van der Waals surface area contributed by atoms with Crippen molar-refractivity contribution in [3.8, 4) is 11.1 Å². The van der Waals surface area contributed by atoms with Crippen LogP contribution in [0.3, 0.4) is 0 Å². The molecule has 3 aromatic rings. The SMILES string of the molecule is Nc1cc(C2CNCCS2)nc2c(-c3cn[nH]c3)cnn12. The van der Waals surface area contributed by atoms with Gasteiger partial charge in [-0.25, -0.2) is 4.98 Å². The largest absolute Gasteiger partial charge is 0.384 e. The van der Waals surface area contributed by atoms with E-state index in [0.29, 0.717) is 11.1 Å². The number of rotatable bonds is 2. The zero-order chi connectivity index (χ0) is 14.2. The molecule has 0 spiro atoms. The molecule has 4 rings (SSSR count). The molecule has 1 saturated heterocycles. The van der Waals surface area contributed by atoms with Crippen LogP contribution in [-0.2, 0) is 0 Å². The van der Waals surface area contributed by atoms with E-state index in [1.165, 1.54) is 0 Å². The Labute approximate surface area is 125 Å². The molecule has 0 bridgehead atoms. The van der Waals surface area contributed by atoms with E-state index in [1.54, 1.807) is 16.9 Å². The van der Waals surface area contributed by atoms with Gasteiger partial charge in [-0.15, -0.1) is 11.8 Å². The summed E-state index contributed by atoms with van der Waals surface area (Å²) in [5.41, 5.74) is 9.81. The summed E-state index contributed by atoms with van der Waals surface area (Å²) in [7, 11) is 0. The van der Waals surface area contributed by atoms with Gasteiger partial charge in [-0.2, -0.15) is 14.7 Å². The van der Waals surface area contributed by atoms with Crippen LogP contribution in [0.25, 0.3) is 16.8 Å². The van der Waals surface area contributed by atoms with Gasteiger partial charge in [0.2, 0.25) is 0 Å². The second kappa shape index (κ2) is 5.05. The van der Waals surface area contributed by atoms with Crippen molar-refractivity contribution in [2.75, 3.05) is 24.6 Å². The molecule has 8 heteroatoms. The van der Waals surface area contributed by atoms with Gasteiger partial charge in [0.1, 0.15) is 5.82 Å². The highest BCUT2D eigenvalue weighted by Gasteiger charge is 2.20. The number of thioether (sulfide) groups is 1. The van der Waals surface area contributed by atoms with Gasteiger partial charge >= 0.3 is 0 Å². The molecule has 1 fully saturated rings. The van der Waals surface area contributed by atoms with E-state index >= 15 is 0 Å². The van der Waals surface area contributed by atoms with Crippen molar-refractivity contribution in [3.63, 3.8) is 0 Å². The van der Waals surface area contributed by atoms with E-state index in [1.807, 2.05) is 24.0 Å². The third-order valence-electron chi connectivity index (χ3n) is 3.59. The molecule has 0 saturated carbocycles. The van der Waals surface area contributed by atoms with E-state index in [4.69, 9.17) is 10.7 Å². The average Bonchev–Trinajstić information content (AvgIpc) is 3.16. The maximum atomic E-state index is 6.14. The lowest BCUT2D eigenvalue weighted by molar-refractivity contribution is 0.679. The highest BCUT2D eigenvalue weighted by atomic mass is 32.2. The zero-order valence-electron chi connectivity index (χ0n) is 11.3. The van der Waals surface area contributed by atoms with Crippen LogP contribution in [0.2, 0.25) is 0 Å². The number of nitrogens with zero attached hydrogens (tertiary/aromatic N) is 4. The lowest BCUT2D eigenvalue weighted by Crippen LogP contribution is -2.28. The number of nitrogen functional groups attached to an aromatic ring is 1. The summed E-state index contributed by atoms with van der Waals surface area (Å²) in [5.74, 6) is 1.70. The van der Waals surface area contributed by atoms with E-state index in [0.717, 1.165) is 41.3 Å². The first kappa shape index (κ1) is 12.7. The number of fused-ring (bicyclic) bond motifs is 1. The van der Waals surface area contributed by atoms with Gasteiger partial charge in [0, 0.05) is 42.2 Å². The second-order valence-electron chi connectivity index (χ2n) is 4.95. The number of aromatic amines is 1. The highest BCUT2D eigenvalue weighted by molar-refractivity contribution is 7.99. The van der Waals surface area contributed by atoms with Crippen LogP contribution in [0, 0.1) is 0 Å². The van der Waals surface area contributed by atoms with Crippen molar-refractivity contribution in [1.29, 1.82) is 0 Å². The van der Waals surface area contributed by atoms with Crippen molar-refractivity contribution < 1.29 is 0 Å². The molecule has 0 radical (unpaired) electrons. The number of hydrogen-bond donors (Lipinski definition) is 3. The Hall–Kier alpha value is -2.06. The standard InChI is InChI=1S/C13H15N7S/c14-12-3-10(11-7-15-1-2-21-11)19-13-9(6-18-20(12)13)8-4-16-17-5-8/h3-6,11,15H,1-2,7,14H2,(H,16,17). The summed E-state index contributed by atoms with van der Waals surface area (Å²) in [5, 5.41) is 14.9. The molecule has 4 N–H and O–H groups in total. The molecular formula is C13H15N7S. The summed E-state index contributed by atoms with van der Waals surface area (Å²) in [6.45, 7) is 1.97. The van der Waals surface area contributed by atoms with Crippen molar-refractivity contribution in [3.05, 3.63) is 30.4 Å². The Balaban J connectivity index is 1.85. The molecule has 1 aliphatic heterocycles. The number of hydrogen-bond acceptors (Lipinski definition) is 6. The van der Waals surface area contributed by atoms with Crippen LogP contribution in [0.1, 0.15) is 10.9 Å². The summed E-state index contributed by atoms with van der Waals surface area (Å²) in [4.78, 5) is 4.79. The normalized spacial score (nSPS) is 19.1. The van der Waals surface area contributed by atoms with Crippen molar-refractivity contribution in [2.24, 2.45) is 0 Å². The van der Waals surface area contributed by atoms with Crippen LogP contribution >= 0.6 is 11.8 Å². The molecule has 108 valence electrons. The zero-order valence-corrected chi connectivity index (χ0v) is 12.1. The molecule has 0 amide bonds. The molecule has 0 aliphatic carbocycles. The molecular weight excluding hydrogens is 286 g/mol. The van der Waals surface area contributed by atoms with Crippen LogP contribution in [0.15, 0.2) is 24.7 Å². The van der Waals surface area contributed by atoms with E-state index in [9.17, 15) is 0 Å². The van der Waals surface area contributed by atoms with Crippen molar-refractivity contribution in [1.82, 2.24) is 30.1 Å². The lowest BCUT2D eigenvalue weighted by atomic mass is 10.2. The lowest BCUT2D eigenvalue weighted by Gasteiger charge is -2.22. The molecule has 1 atom stereocenters. The van der Waals surface area contributed by atoms with E-state index < -0.39 is 0 Å². The Bertz CT molecular complexity index is 758. The average molecular weight is 301 g/mol. The first-order chi connectivity index (χ1) is 10.3. The molecule has 3 aromatic heterocycles. The van der Waals surface area contributed by atoms with Crippen molar-refractivity contribution in [2.45, 2.75) is 5.25 Å². The highest BCUT2D eigenvalue weighted by Crippen LogP contribution is 2.32. The molecule has 0 aromatic carbocycles. The van der Waals surface area contributed by atoms with Gasteiger partial charge in [-0.3, -0.25) is 5.10 Å². The van der Waals surface area contributed by atoms with Crippen molar-refractivity contribution >= 4 is 23.2 Å². The molecule has 7 nitrogen and oxygen atoms in total. The minimum Gasteiger partial charge on any atom is -0.384 e. The van der Waals surface area contributed by atoms with E-state index in [-0.39, 0.29) is 0 Å². The number of aromatic nitrogens is 5. The molecule has 4 heterocycles. The third-order valence-corrected chi connectivity index (χ3v) is 4.84. The summed E-state index contributed by atoms with van der Waals surface area (Å²) in [6, 6.07) is 1.92. The first-order valence-electron chi connectivity index (χ1n) is 6.78. The van der Waals surface area contributed by atoms with E-state index in [2.05, 4.69) is 20.6 Å². The predicted molar refractivity (Wildman–Crippen MR) is 83.0 cm³/mol. The fourth-order valence-electron chi connectivity index (χ4n) is 2.53. The summed E-state index contributed by atoms with van der Waals surface area (Å²) < 4.78 is 1.67. The molecule has 21 heavy (non-hydrogen) atoms. The maximum absolute atomic E-state index is 6.14. The quantitative estimate of drug-likeness (QED) is 0.655. The minimum atomic E-state index is 0.332. The summed E-state index contributed by atoms with van der Waals surface area (Å²) >= 11 is 1.91. The van der Waals surface area contributed by atoms with Gasteiger partial charge < -0.3 is 11.1 Å². The number of anilines is 1. The summed E-state index contributed by atoms with van der Waals surface area (Å²) in [6.07, 6.45) is 5.37. The Morgan fingerprint density at radius 2 is 2.33 bits per heavy atom.